The third-order valence-corrected chi connectivity index (χ3v) is 4.49. The molecule has 0 aliphatic carbocycles. The van der Waals surface area contributed by atoms with Gasteiger partial charge in [0.25, 0.3) is 5.91 Å². The quantitative estimate of drug-likeness (QED) is 0.855. The predicted octanol–water partition coefficient (Wildman–Crippen LogP) is 2.54. The van der Waals surface area contributed by atoms with Gasteiger partial charge in [0.2, 0.25) is 0 Å². The summed E-state index contributed by atoms with van der Waals surface area (Å²) in [5.41, 5.74) is 6.35. The van der Waals surface area contributed by atoms with Crippen LogP contribution in [0, 0.1) is 0 Å². The molecule has 2 rings (SSSR count). The monoisotopic (exact) mass is 280 g/mol. The van der Waals surface area contributed by atoms with Gasteiger partial charge in [-0.15, -0.1) is 11.3 Å². The Bertz CT molecular complexity index is 537. The number of rotatable bonds is 5. The van der Waals surface area contributed by atoms with E-state index in [1.165, 1.54) is 23.1 Å². The van der Waals surface area contributed by atoms with E-state index in [2.05, 4.69) is 4.98 Å². The Kier molecular flexibility index (Phi) is 4.22. The molecule has 18 heavy (non-hydrogen) atoms. The van der Waals surface area contributed by atoms with E-state index in [4.69, 9.17) is 10.5 Å². The summed E-state index contributed by atoms with van der Waals surface area (Å²) < 4.78 is 5.94. The van der Waals surface area contributed by atoms with Crippen LogP contribution in [0.25, 0.3) is 0 Å². The molecule has 0 aliphatic heterocycles. The first kappa shape index (κ1) is 12.9. The molecule has 6 heteroatoms. The molecule has 1 heterocycles. The fourth-order valence-electron chi connectivity index (χ4n) is 1.31. The average Bonchev–Trinajstić information content (AvgIpc) is 2.86. The van der Waals surface area contributed by atoms with Gasteiger partial charge in [-0.05, 0) is 17.7 Å². The predicted molar refractivity (Wildman–Crippen MR) is 73.2 cm³/mol. The maximum absolute atomic E-state index is 10.9. The van der Waals surface area contributed by atoms with Crippen molar-refractivity contribution in [3.8, 4) is 5.75 Å². The molecular formula is C12H12N2O2S2. The Morgan fingerprint density at radius 3 is 2.72 bits per heavy atom. The summed E-state index contributed by atoms with van der Waals surface area (Å²) in [7, 11) is 1.64. The van der Waals surface area contributed by atoms with Gasteiger partial charge in [0.1, 0.15) is 10.6 Å². The van der Waals surface area contributed by atoms with E-state index >= 15 is 0 Å². The van der Waals surface area contributed by atoms with Gasteiger partial charge in [-0.1, -0.05) is 23.9 Å². The number of hydrogen-bond acceptors (Lipinski definition) is 5. The summed E-state index contributed by atoms with van der Waals surface area (Å²) in [6, 6.07) is 7.86. The van der Waals surface area contributed by atoms with Gasteiger partial charge >= 0.3 is 0 Å². The van der Waals surface area contributed by atoms with Gasteiger partial charge in [0.15, 0.2) is 4.34 Å². The zero-order valence-electron chi connectivity index (χ0n) is 9.75. The molecule has 0 bridgehead atoms. The first-order chi connectivity index (χ1) is 8.69. The molecule has 0 atom stereocenters. The summed E-state index contributed by atoms with van der Waals surface area (Å²) in [6.45, 7) is 0. The number of carbonyl (C=O) groups excluding carboxylic acids is 1. The van der Waals surface area contributed by atoms with Gasteiger partial charge < -0.3 is 10.5 Å². The molecule has 1 aromatic carbocycles. The number of amides is 1. The van der Waals surface area contributed by atoms with Crippen molar-refractivity contribution in [1.82, 2.24) is 4.98 Å². The molecule has 2 N–H and O–H groups in total. The number of aromatic nitrogens is 1. The van der Waals surface area contributed by atoms with Crippen molar-refractivity contribution in [1.29, 1.82) is 0 Å². The fraction of sp³-hybridized carbons (Fsp3) is 0.167. The van der Waals surface area contributed by atoms with Crippen molar-refractivity contribution in [3.63, 3.8) is 0 Å². The van der Waals surface area contributed by atoms with Crippen LogP contribution in [0.5, 0.6) is 5.75 Å². The summed E-state index contributed by atoms with van der Waals surface area (Å²) in [5.74, 6) is 1.22. The highest BCUT2D eigenvalue weighted by Crippen LogP contribution is 2.27. The normalized spacial score (nSPS) is 10.3. The van der Waals surface area contributed by atoms with Crippen LogP contribution in [0.1, 0.15) is 15.2 Å². The Morgan fingerprint density at radius 2 is 2.17 bits per heavy atom. The van der Waals surface area contributed by atoms with E-state index in [0.29, 0.717) is 4.88 Å². The molecule has 0 radical (unpaired) electrons. The standard InChI is InChI=1S/C12H12N2O2S2/c1-16-9-4-2-8(3-5-9)7-17-12-14-6-10(18-12)11(13)15/h2-6H,7H2,1H3,(H2,13,15). The Morgan fingerprint density at radius 1 is 1.44 bits per heavy atom. The van der Waals surface area contributed by atoms with Gasteiger partial charge in [-0.25, -0.2) is 4.98 Å². The lowest BCUT2D eigenvalue weighted by molar-refractivity contribution is 0.100. The summed E-state index contributed by atoms with van der Waals surface area (Å²) in [6.07, 6.45) is 1.52. The van der Waals surface area contributed by atoms with Crippen molar-refractivity contribution in [3.05, 3.63) is 40.9 Å². The van der Waals surface area contributed by atoms with Crippen LogP contribution < -0.4 is 10.5 Å². The molecule has 94 valence electrons. The maximum Gasteiger partial charge on any atom is 0.260 e. The highest BCUT2D eigenvalue weighted by Gasteiger charge is 2.07. The third kappa shape index (κ3) is 3.24. The van der Waals surface area contributed by atoms with E-state index in [1.807, 2.05) is 24.3 Å². The van der Waals surface area contributed by atoms with Crippen LogP contribution in [0.15, 0.2) is 34.8 Å². The number of nitrogens with two attached hydrogens (primary N) is 1. The molecule has 0 saturated carbocycles. The minimum atomic E-state index is -0.427. The highest BCUT2D eigenvalue weighted by atomic mass is 32.2. The zero-order chi connectivity index (χ0) is 13.0. The van der Waals surface area contributed by atoms with E-state index in [9.17, 15) is 4.79 Å². The molecule has 0 aliphatic rings. The summed E-state index contributed by atoms with van der Waals surface area (Å²) in [5, 5.41) is 0. The second-order valence-electron chi connectivity index (χ2n) is 3.49. The zero-order valence-corrected chi connectivity index (χ0v) is 11.4. The number of thioether (sulfide) groups is 1. The van der Waals surface area contributed by atoms with Crippen molar-refractivity contribution in [2.24, 2.45) is 5.73 Å². The first-order valence-electron chi connectivity index (χ1n) is 5.20. The third-order valence-electron chi connectivity index (χ3n) is 2.25. The number of ether oxygens (including phenoxy) is 1. The van der Waals surface area contributed by atoms with E-state index < -0.39 is 5.91 Å². The van der Waals surface area contributed by atoms with Gasteiger partial charge in [0.05, 0.1) is 13.3 Å². The van der Waals surface area contributed by atoms with Crippen molar-refractivity contribution >= 4 is 29.0 Å². The van der Waals surface area contributed by atoms with Crippen LogP contribution in [-0.2, 0) is 5.75 Å². The van der Waals surface area contributed by atoms with Crippen molar-refractivity contribution in [2.45, 2.75) is 10.1 Å². The number of methoxy groups -OCH3 is 1. The van der Waals surface area contributed by atoms with E-state index in [-0.39, 0.29) is 0 Å². The molecular weight excluding hydrogens is 268 g/mol. The topological polar surface area (TPSA) is 65.2 Å². The molecule has 1 aromatic heterocycles. The van der Waals surface area contributed by atoms with Gasteiger partial charge in [-0.2, -0.15) is 0 Å². The van der Waals surface area contributed by atoms with Crippen LogP contribution in [0.4, 0.5) is 0 Å². The Hall–Kier alpha value is -1.53. The fourth-order valence-corrected chi connectivity index (χ4v) is 3.10. The number of primary amides is 1. The Labute approximate surface area is 113 Å². The molecule has 4 nitrogen and oxygen atoms in total. The molecule has 0 fully saturated rings. The molecule has 1 amide bonds. The average molecular weight is 280 g/mol. The first-order valence-corrected chi connectivity index (χ1v) is 7.00. The number of nitrogens with zero attached hydrogens (tertiary/aromatic N) is 1. The van der Waals surface area contributed by atoms with Crippen LogP contribution in [0.2, 0.25) is 0 Å². The maximum atomic E-state index is 10.9. The minimum Gasteiger partial charge on any atom is -0.497 e. The van der Waals surface area contributed by atoms with Crippen LogP contribution in [0.3, 0.4) is 0 Å². The van der Waals surface area contributed by atoms with Gasteiger partial charge in [-0.3, -0.25) is 4.79 Å². The molecule has 0 spiro atoms. The number of thiazole rings is 1. The highest BCUT2D eigenvalue weighted by molar-refractivity contribution is 8.00. The number of benzene rings is 1. The van der Waals surface area contributed by atoms with Gasteiger partial charge in [0, 0.05) is 5.75 Å². The second-order valence-corrected chi connectivity index (χ2v) is 5.74. The van der Waals surface area contributed by atoms with E-state index in [1.54, 1.807) is 18.9 Å². The lowest BCUT2D eigenvalue weighted by atomic mass is 10.2. The lowest BCUT2D eigenvalue weighted by Gasteiger charge is -2.01. The molecule has 2 aromatic rings. The number of hydrogen-bond donors (Lipinski definition) is 1. The van der Waals surface area contributed by atoms with E-state index in [0.717, 1.165) is 15.8 Å². The minimum absolute atomic E-state index is 0.427. The summed E-state index contributed by atoms with van der Waals surface area (Å²) >= 11 is 2.90. The SMILES string of the molecule is COc1ccc(CSc2ncc(C(N)=O)s2)cc1. The molecule has 0 saturated heterocycles. The van der Waals surface area contributed by atoms with Crippen molar-refractivity contribution in [2.75, 3.05) is 7.11 Å². The van der Waals surface area contributed by atoms with Crippen LogP contribution in [-0.4, -0.2) is 18.0 Å². The lowest BCUT2D eigenvalue weighted by Crippen LogP contribution is -2.08. The van der Waals surface area contributed by atoms with Crippen molar-refractivity contribution < 1.29 is 9.53 Å². The summed E-state index contributed by atoms with van der Waals surface area (Å²) in [4.78, 5) is 15.6. The smallest absolute Gasteiger partial charge is 0.260 e. The molecule has 0 unspecified atom stereocenters. The van der Waals surface area contributed by atoms with Crippen LogP contribution >= 0.6 is 23.1 Å². The Balaban J connectivity index is 1.95. The second kappa shape index (κ2) is 5.88. The largest absolute Gasteiger partial charge is 0.497 e. The number of carbonyl (C=O) groups is 1.